The Bertz CT molecular complexity index is 1340. The maximum atomic E-state index is 14.2. The van der Waals surface area contributed by atoms with Gasteiger partial charge in [-0.3, -0.25) is 0 Å². The molecule has 0 aliphatic heterocycles. The van der Waals surface area contributed by atoms with Gasteiger partial charge in [0.15, 0.2) is 0 Å². The minimum absolute atomic E-state index is 0.274. The van der Waals surface area contributed by atoms with E-state index in [9.17, 15) is 4.39 Å². The topological polar surface area (TPSA) is 6.48 Å². The van der Waals surface area contributed by atoms with E-state index in [0.29, 0.717) is 0 Å². The molecular weight excluding hydrogens is 487 g/mol. The number of halogens is 2. The van der Waals surface area contributed by atoms with Gasteiger partial charge in [0.1, 0.15) is 5.82 Å². The number of anilines is 6. The van der Waals surface area contributed by atoms with Crippen molar-refractivity contribution in [2.45, 2.75) is 0 Å². The van der Waals surface area contributed by atoms with E-state index in [-0.39, 0.29) is 5.82 Å². The fourth-order valence-corrected chi connectivity index (χ4v) is 4.53. The highest BCUT2D eigenvalue weighted by molar-refractivity contribution is 9.10. The molecule has 0 saturated carbocycles. The highest BCUT2D eigenvalue weighted by Gasteiger charge is 2.18. The number of nitrogens with zero attached hydrogens (tertiary/aromatic N) is 2. The molecule has 0 aromatic heterocycles. The van der Waals surface area contributed by atoms with Crippen LogP contribution in [0.3, 0.4) is 0 Å². The molecule has 0 amide bonds. The molecule has 4 heteroatoms. The first-order chi connectivity index (χ1) is 16.7. The molecule has 2 nitrogen and oxygen atoms in total. The van der Waals surface area contributed by atoms with Crippen molar-refractivity contribution in [1.82, 2.24) is 0 Å². The molecule has 0 unspecified atom stereocenters. The van der Waals surface area contributed by atoms with Gasteiger partial charge in [-0.25, -0.2) is 4.39 Å². The van der Waals surface area contributed by atoms with Crippen LogP contribution < -0.4 is 9.80 Å². The molecule has 0 N–H and O–H groups in total. The van der Waals surface area contributed by atoms with Gasteiger partial charge in [0, 0.05) is 38.6 Å². The molecule has 0 atom stereocenters. The van der Waals surface area contributed by atoms with Crippen molar-refractivity contribution in [3.8, 4) is 0 Å². The molecule has 0 spiro atoms. The average Bonchev–Trinajstić information content (AvgIpc) is 2.86. The molecule has 5 rings (SSSR count). The molecule has 166 valence electrons. The monoisotopic (exact) mass is 508 g/mol. The van der Waals surface area contributed by atoms with E-state index in [1.54, 1.807) is 12.1 Å². The smallest absolute Gasteiger partial charge is 0.125 e. The summed E-state index contributed by atoms with van der Waals surface area (Å²) < 4.78 is 15.2. The largest absolute Gasteiger partial charge is 0.310 e. The van der Waals surface area contributed by atoms with Crippen molar-refractivity contribution in [3.63, 3.8) is 0 Å². The maximum absolute atomic E-state index is 14.2. The second-order valence-corrected chi connectivity index (χ2v) is 8.74. The molecule has 0 aliphatic rings. The number of hydrogen-bond donors (Lipinski definition) is 0. The zero-order chi connectivity index (χ0) is 23.3. The lowest BCUT2D eigenvalue weighted by atomic mass is 10.1. The van der Waals surface area contributed by atoms with E-state index in [1.807, 2.05) is 72.8 Å². The summed E-state index contributed by atoms with van der Waals surface area (Å²) in [5.74, 6) is -0.274. The number of benzene rings is 5. The Kier molecular flexibility index (Phi) is 6.41. The highest BCUT2D eigenvalue weighted by atomic mass is 79.9. The van der Waals surface area contributed by atoms with E-state index in [0.717, 1.165) is 38.6 Å². The van der Waals surface area contributed by atoms with Crippen molar-refractivity contribution < 1.29 is 4.39 Å². The molecule has 0 heterocycles. The predicted octanol–water partition coefficient (Wildman–Crippen LogP) is 9.53. The number of hydrogen-bond acceptors (Lipinski definition) is 2. The normalized spacial score (nSPS) is 10.6. The van der Waals surface area contributed by atoms with Crippen LogP contribution in [0.2, 0.25) is 0 Å². The molecule has 5 aromatic rings. The van der Waals surface area contributed by atoms with Crippen LogP contribution in [0, 0.1) is 5.82 Å². The minimum atomic E-state index is -0.274. The minimum Gasteiger partial charge on any atom is -0.310 e. The number of rotatable bonds is 6. The molecule has 0 fully saturated rings. The van der Waals surface area contributed by atoms with Crippen molar-refractivity contribution in [2.75, 3.05) is 9.80 Å². The van der Waals surface area contributed by atoms with Crippen LogP contribution in [0.15, 0.2) is 138 Å². The maximum Gasteiger partial charge on any atom is 0.125 e. The Morgan fingerprint density at radius 1 is 0.412 bits per heavy atom. The Balaban J connectivity index is 1.70. The average molecular weight is 509 g/mol. The van der Waals surface area contributed by atoms with Crippen LogP contribution in [0.25, 0.3) is 0 Å². The third-order valence-electron chi connectivity index (χ3n) is 5.49. The van der Waals surface area contributed by atoms with E-state index in [4.69, 9.17) is 0 Å². The lowest BCUT2D eigenvalue weighted by Crippen LogP contribution is -2.13. The SMILES string of the molecule is Fc1cccc(N(c2ccccc2)c2cc(Br)cc(N(c3ccccc3)c3ccccc3)c2)c1. The van der Waals surface area contributed by atoms with Crippen molar-refractivity contribution >= 4 is 50.1 Å². The zero-order valence-electron chi connectivity index (χ0n) is 18.4. The lowest BCUT2D eigenvalue weighted by molar-refractivity contribution is 0.628. The van der Waals surface area contributed by atoms with Gasteiger partial charge in [-0.1, -0.05) is 76.6 Å². The van der Waals surface area contributed by atoms with Crippen LogP contribution in [0.1, 0.15) is 0 Å². The van der Waals surface area contributed by atoms with E-state index in [1.165, 1.54) is 6.07 Å². The molecule has 0 aliphatic carbocycles. The van der Waals surface area contributed by atoms with Gasteiger partial charge in [-0.15, -0.1) is 0 Å². The van der Waals surface area contributed by atoms with Crippen molar-refractivity contribution in [1.29, 1.82) is 0 Å². The summed E-state index contributed by atoms with van der Waals surface area (Å²) in [6.45, 7) is 0. The van der Waals surface area contributed by atoms with Gasteiger partial charge >= 0.3 is 0 Å². The van der Waals surface area contributed by atoms with Crippen LogP contribution in [0.4, 0.5) is 38.5 Å². The summed E-state index contributed by atoms with van der Waals surface area (Å²) in [4.78, 5) is 4.27. The second-order valence-electron chi connectivity index (χ2n) is 7.82. The van der Waals surface area contributed by atoms with Crippen LogP contribution in [0.5, 0.6) is 0 Å². The van der Waals surface area contributed by atoms with E-state index in [2.05, 4.69) is 68.2 Å². The third-order valence-corrected chi connectivity index (χ3v) is 5.95. The summed E-state index contributed by atoms with van der Waals surface area (Å²) >= 11 is 3.73. The van der Waals surface area contributed by atoms with Gasteiger partial charge in [0.25, 0.3) is 0 Å². The molecule has 34 heavy (non-hydrogen) atoms. The first-order valence-corrected chi connectivity index (χ1v) is 11.8. The first kappa shape index (κ1) is 21.9. The summed E-state index contributed by atoms with van der Waals surface area (Å²) in [6, 6.07) is 43.5. The molecule has 0 saturated heterocycles. The molecule has 5 aromatic carbocycles. The zero-order valence-corrected chi connectivity index (χ0v) is 19.9. The van der Waals surface area contributed by atoms with Gasteiger partial charge in [0.05, 0.1) is 0 Å². The van der Waals surface area contributed by atoms with Gasteiger partial charge in [-0.2, -0.15) is 0 Å². The Hall–Kier alpha value is -3.89. The predicted molar refractivity (Wildman–Crippen MR) is 143 cm³/mol. The van der Waals surface area contributed by atoms with Gasteiger partial charge in [0.2, 0.25) is 0 Å². The Labute approximate surface area is 207 Å². The van der Waals surface area contributed by atoms with Gasteiger partial charge in [-0.05, 0) is 72.8 Å². The fourth-order valence-electron chi connectivity index (χ4n) is 4.06. The Morgan fingerprint density at radius 2 is 0.824 bits per heavy atom. The van der Waals surface area contributed by atoms with Crippen molar-refractivity contribution in [3.05, 3.63) is 144 Å². The van der Waals surface area contributed by atoms with Crippen LogP contribution >= 0.6 is 15.9 Å². The Morgan fingerprint density at radius 3 is 1.26 bits per heavy atom. The summed E-state index contributed by atoms with van der Waals surface area (Å²) in [5, 5.41) is 0. The molecule has 0 bridgehead atoms. The standard InChI is InChI=1S/C30H22BrFN2/c31-23-19-29(33(25-12-4-1-5-13-25)26-14-6-2-7-15-26)22-30(20-23)34(27-16-8-3-9-17-27)28-18-10-11-24(32)21-28/h1-22H. The third kappa shape index (κ3) is 4.73. The summed E-state index contributed by atoms with van der Waals surface area (Å²) in [5.41, 5.74) is 5.70. The highest BCUT2D eigenvalue weighted by Crippen LogP contribution is 2.42. The van der Waals surface area contributed by atoms with Crippen molar-refractivity contribution in [2.24, 2.45) is 0 Å². The first-order valence-electron chi connectivity index (χ1n) is 11.0. The van der Waals surface area contributed by atoms with E-state index >= 15 is 0 Å². The summed E-state index contributed by atoms with van der Waals surface area (Å²) in [7, 11) is 0. The quantitative estimate of drug-likeness (QED) is 0.225. The molecular formula is C30H22BrFN2. The van der Waals surface area contributed by atoms with Gasteiger partial charge < -0.3 is 9.80 Å². The summed E-state index contributed by atoms with van der Waals surface area (Å²) in [6.07, 6.45) is 0. The van der Waals surface area contributed by atoms with Crippen LogP contribution in [-0.4, -0.2) is 0 Å². The molecule has 0 radical (unpaired) electrons. The van der Waals surface area contributed by atoms with Crippen LogP contribution in [-0.2, 0) is 0 Å². The lowest BCUT2D eigenvalue weighted by Gasteiger charge is -2.29. The number of para-hydroxylation sites is 3. The second kappa shape index (κ2) is 9.94. The van der Waals surface area contributed by atoms with E-state index < -0.39 is 0 Å². The fraction of sp³-hybridized carbons (Fsp3) is 0.